The lowest BCUT2D eigenvalue weighted by atomic mass is 10.0. The summed E-state index contributed by atoms with van der Waals surface area (Å²) in [4.78, 5) is 28.0. The molecule has 0 bridgehead atoms. The Kier molecular flexibility index (Phi) is 8.78. The third kappa shape index (κ3) is 5.44. The number of nitrogens with zero attached hydrogens (tertiary/aromatic N) is 2. The molecule has 4 rings (SSSR count). The first-order chi connectivity index (χ1) is 18.3. The molecule has 0 aliphatic carbocycles. The number of nitrogens with one attached hydrogen (secondary N) is 1. The van der Waals surface area contributed by atoms with Gasteiger partial charge in [0.15, 0.2) is 0 Å². The second-order valence-electron chi connectivity index (χ2n) is 9.04. The van der Waals surface area contributed by atoms with Crippen molar-refractivity contribution in [2.24, 2.45) is 0 Å². The maximum atomic E-state index is 13.1. The van der Waals surface area contributed by atoms with Crippen LogP contribution in [0.1, 0.15) is 40.5 Å². The van der Waals surface area contributed by atoms with E-state index in [1.807, 2.05) is 24.3 Å². The van der Waals surface area contributed by atoms with E-state index < -0.39 is 10.0 Å². The molecule has 38 heavy (non-hydrogen) atoms. The van der Waals surface area contributed by atoms with Crippen molar-refractivity contribution >= 4 is 44.0 Å². The zero-order valence-corrected chi connectivity index (χ0v) is 22.7. The molecule has 10 heteroatoms. The smallest absolute Gasteiger partial charge is 0.258 e. The Morgan fingerprint density at radius 1 is 0.974 bits per heavy atom. The van der Waals surface area contributed by atoms with Crippen LogP contribution in [0.15, 0.2) is 59.5 Å². The average molecular weight is 540 g/mol. The van der Waals surface area contributed by atoms with Crippen LogP contribution in [0.3, 0.4) is 0 Å². The van der Waals surface area contributed by atoms with Crippen LogP contribution in [0.5, 0.6) is 0 Å². The summed E-state index contributed by atoms with van der Waals surface area (Å²) in [7, 11) is -0.769. The van der Waals surface area contributed by atoms with Gasteiger partial charge in [0, 0.05) is 61.4 Å². The van der Waals surface area contributed by atoms with E-state index >= 15 is 0 Å². The van der Waals surface area contributed by atoms with Crippen molar-refractivity contribution in [2.75, 3.05) is 57.3 Å². The van der Waals surface area contributed by atoms with E-state index in [4.69, 9.17) is 9.47 Å². The van der Waals surface area contributed by atoms with E-state index in [0.717, 1.165) is 29.3 Å². The van der Waals surface area contributed by atoms with Gasteiger partial charge in [0.2, 0.25) is 10.0 Å². The van der Waals surface area contributed by atoms with E-state index in [1.54, 1.807) is 11.0 Å². The first kappa shape index (κ1) is 27.7. The third-order valence-corrected chi connectivity index (χ3v) is 8.53. The zero-order chi connectivity index (χ0) is 27.3. The van der Waals surface area contributed by atoms with Crippen LogP contribution in [-0.2, 0) is 19.5 Å². The Morgan fingerprint density at radius 3 is 2.29 bits per heavy atom. The van der Waals surface area contributed by atoms with Gasteiger partial charge in [-0.1, -0.05) is 25.5 Å². The standard InChI is InChI=1S/C28H33N3O6S/c1-4-5-15-31-25-14-13-24(22-7-6-8-23(26(22)25)28(31)33)29-27(32)20-9-11-21(12-10-20)38(34,35)30(16-18-36-2)17-19-37-3/h6-14H,4-5,15-19H2,1-3H3,(H,29,32). The van der Waals surface area contributed by atoms with Crippen LogP contribution in [0, 0.1) is 0 Å². The number of hydrogen-bond acceptors (Lipinski definition) is 6. The molecule has 1 aliphatic rings. The molecule has 202 valence electrons. The number of unbranched alkanes of at least 4 members (excludes halogenated alkanes) is 1. The largest absolute Gasteiger partial charge is 0.383 e. The van der Waals surface area contributed by atoms with Gasteiger partial charge in [0.05, 0.1) is 23.8 Å². The maximum absolute atomic E-state index is 13.1. The van der Waals surface area contributed by atoms with Crippen molar-refractivity contribution in [1.82, 2.24) is 4.31 Å². The molecular weight excluding hydrogens is 506 g/mol. The van der Waals surface area contributed by atoms with Gasteiger partial charge in [0.1, 0.15) is 0 Å². The predicted molar refractivity (Wildman–Crippen MR) is 147 cm³/mol. The van der Waals surface area contributed by atoms with Crippen molar-refractivity contribution in [1.29, 1.82) is 0 Å². The lowest BCUT2D eigenvalue weighted by Crippen LogP contribution is -2.36. The van der Waals surface area contributed by atoms with Crippen molar-refractivity contribution in [3.63, 3.8) is 0 Å². The summed E-state index contributed by atoms with van der Waals surface area (Å²) in [6.45, 7) is 3.61. The number of rotatable bonds is 13. The fourth-order valence-corrected chi connectivity index (χ4v) is 5.96. The van der Waals surface area contributed by atoms with Gasteiger partial charge < -0.3 is 19.7 Å². The second kappa shape index (κ2) is 12.0. The van der Waals surface area contributed by atoms with Gasteiger partial charge in [0.25, 0.3) is 11.8 Å². The van der Waals surface area contributed by atoms with Crippen LogP contribution in [0.25, 0.3) is 10.8 Å². The molecule has 0 spiro atoms. The fraction of sp³-hybridized carbons (Fsp3) is 0.357. The summed E-state index contributed by atoms with van der Waals surface area (Å²) in [5, 5.41) is 4.55. The van der Waals surface area contributed by atoms with Crippen molar-refractivity contribution in [3.05, 3.63) is 65.7 Å². The number of anilines is 2. The highest BCUT2D eigenvalue weighted by molar-refractivity contribution is 7.89. The van der Waals surface area contributed by atoms with Gasteiger partial charge in [-0.3, -0.25) is 9.59 Å². The molecule has 3 aromatic rings. The number of carbonyl (C=O) groups excluding carboxylic acids is 2. The van der Waals surface area contributed by atoms with Gasteiger partial charge in [-0.25, -0.2) is 8.42 Å². The molecule has 1 aliphatic heterocycles. The first-order valence-electron chi connectivity index (χ1n) is 12.6. The highest BCUT2D eigenvalue weighted by Gasteiger charge is 2.30. The molecule has 0 fully saturated rings. The van der Waals surface area contributed by atoms with Crippen LogP contribution in [-0.4, -0.2) is 71.6 Å². The zero-order valence-electron chi connectivity index (χ0n) is 21.9. The molecule has 0 saturated carbocycles. The van der Waals surface area contributed by atoms with Gasteiger partial charge in [-0.05, 0) is 48.9 Å². The summed E-state index contributed by atoms with van der Waals surface area (Å²) < 4.78 is 37.7. The molecule has 1 heterocycles. The van der Waals surface area contributed by atoms with E-state index in [0.29, 0.717) is 23.4 Å². The quantitative estimate of drug-likeness (QED) is 0.350. The molecule has 2 amide bonds. The highest BCUT2D eigenvalue weighted by Crippen LogP contribution is 2.40. The van der Waals surface area contributed by atoms with E-state index in [1.165, 1.54) is 42.8 Å². The predicted octanol–water partition coefficient (Wildman–Crippen LogP) is 4.14. The van der Waals surface area contributed by atoms with Crippen LogP contribution >= 0.6 is 0 Å². The molecular formula is C28H33N3O6S. The minimum absolute atomic E-state index is 0.0237. The molecule has 9 nitrogen and oxygen atoms in total. The van der Waals surface area contributed by atoms with Crippen LogP contribution in [0.2, 0.25) is 0 Å². The minimum Gasteiger partial charge on any atom is -0.383 e. The maximum Gasteiger partial charge on any atom is 0.258 e. The lowest BCUT2D eigenvalue weighted by Gasteiger charge is -2.21. The van der Waals surface area contributed by atoms with Gasteiger partial charge in [-0.2, -0.15) is 4.31 Å². The number of sulfonamides is 1. The van der Waals surface area contributed by atoms with Gasteiger partial charge in [-0.15, -0.1) is 0 Å². The molecule has 0 aromatic heterocycles. The first-order valence-corrected chi connectivity index (χ1v) is 14.0. The Hall–Kier alpha value is -3.31. The monoisotopic (exact) mass is 539 g/mol. The number of methoxy groups -OCH3 is 2. The Bertz CT molecular complexity index is 1410. The number of ether oxygens (including phenoxy) is 2. The molecule has 1 N–H and O–H groups in total. The minimum atomic E-state index is -3.79. The summed E-state index contributed by atoms with van der Waals surface area (Å²) in [6, 6.07) is 15.0. The second-order valence-corrected chi connectivity index (χ2v) is 11.0. The van der Waals surface area contributed by atoms with Gasteiger partial charge >= 0.3 is 0 Å². The van der Waals surface area contributed by atoms with E-state index in [2.05, 4.69) is 12.2 Å². The van der Waals surface area contributed by atoms with Crippen LogP contribution < -0.4 is 10.2 Å². The molecule has 0 radical (unpaired) electrons. The third-order valence-electron chi connectivity index (χ3n) is 6.61. The van der Waals surface area contributed by atoms with Crippen molar-refractivity contribution in [2.45, 2.75) is 24.7 Å². The Balaban J connectivity index is 1.56. The van der Waals surface area contributed by atoms with Crippen molar-refractivity contribution < 1.29 is 27.5 Å². The summed E-state index contributed by atoms with van der Waals surface area (Å²) in [6.07, 6.45) is 1.89. The molecule has 0 atom stereocenters. The fourth-order valence-electron chi connectivity index (χ4n) is 4.55. The number of hydrogen-bond donors (Lipinski definition) is 1. The molecule has 0 saturated heterocycles. The molecule has 0 unspecified atom stereocenters. The van der Waals surface area contributed by atoms with Crippen molar-refractivity contribution in [3.8, 4) is 0 Å². The van der Waals surface area contributed by atoms with E-state index in [9.17, 15) is 18.0 Å². The summed E-state index contributed by atoms with van der Waals surface area (Å²) in [5.41, 5.74) is 2.38. The summed E-state index contributed by atoms with van der Waals surface area (Å²) >= 11 is 0. The molecule has 3 aromatic carbocycles. The Labute approximate surface area is 223 Å². The number of amides is 2. The SMILES string of the molecule is CCCCN1C(=O)c2cccc3c(NC(=O)c4ccc(S(=O)(=O)N(CCOC)CCOC)cc4)ccc1c23. The lowest BCUT2D eigenvalue weighted by molar-refractivity contribution is 0.0991. The Morgan fingerprint density at radius 2 is 1.66 bits per heavy atom. The summed E-state index contributed by atoms with van der Waals surface area (Å²) in [5.74, 6) is -0.401. The normalized spacial score (nSPS) is 13.1. The average Bonchev–Trinajstić information content (AvgIpc) is 3.20. The number of carbonyl (C=O) groups is 2. The topological polar surface area (TPSA) is 105 Å². The van der Waals surface area contributed by atoms with E-state index in [-0.39, 0.29) is 43.0 Å². The highest BCUT2D eigenvalue weighted by atomic mass is 32.2. The van der Waals surface area contributed by atoms with Crippen LogP contribution in [0.4, 0.5) is 11.4 Å². The number of benzene rings is 3.